The van der Waals surface area contributed by atoms with E-state index in [4.69, 9.17) is 9.97 Å². The second-order valence-electron chi connectivity index (χ2n) is 15.0. The normalized spacial score (nSPS) is 11.7. The number of benzene rings is 8. The molecule has 0 aliphatic heterocycles. The van der Waals surface area contributed by atoms with Gasteiger partial charge in [0, 0.05) is 55.3 Å². The van der Waals surface area contributed by atoms with Crippen molar-refractivity contribution in [2.24, 2.45) is 0 Å². The third-order valence-corrected chi connectivity index (χ3v) is 11.6. The molecular formula is C54H35N5. The molecule has 0 bridgehead atoms. The van der Waals surface area contributed by atoms with E-state index in [0.29, 0.717) is 5.82 Å². The highest BCUT2D eigenvalue weighted by Crippen LogP contribution is 2.46. The van der Waals surface area contributed by atoms with Crippen molar-refractivity contribution in [2.75, 3.05) is 0 Å². The molecule has 0 aliphatic rings. The Morgan fingerprint density at radius 3 is 1.42 bits per heavy atom. The Hall–Kier alpha value is -8.02. The van der Waals surface area contributed by atoms with E-state index in [-0.39, 0.29) is 0 Å². The monoisotopic (exact) mass is 753 g/mol. The minimum Gasteiger partial charge on any atom is -0.309 e. The number of hydrogen-bond donors (Lipinski definition) is 0. The summed E-state index contributed by atoms with van der Waals surface area (Å²) in [6.07, 6.45) is 0. The highest BCUT2D eigenvalue weighted by atomic mass is 15.1. The van der Waals surface area contributed by atoms with Crippen molar-refractivity contribution in [3.63, 3.8) is 0 Å². The van der Waals surface area contributed by atoms with Crippen LogP contribution in [0.1, 0.15) is 0 Å². The highest BCUT2D eigenvalue weighted by molar-refractivity contribution is 6.31. The molecule has 5 heteroatoms. The van der Waals surface area contributed by atoms with Crippen molar-refractivity contribution in [1.29, 1.82) is 0 Å². The minimum atomic E-state index is 0.701. The lowest BCUT2D eigenvalue weighted by Gasteiger charge is -2.13. The lowest BCUT2D eigenvalue weighted by atomic mass is 10.1. The van der Waals surface area contributed by atoms with Crippen LogP contribution in [0, 0.1) is 0 Å². The van der Waals surface area contributed by atoms with Gasteiger partial charge in [0.2, 0.25) is 0 Å². The van der Waals surface area contributed by atoms with Gasteiger partial charge >= 0.3 is 0 Å². The molecule has 0 amide bonds. The van der Waals surface area contributed by atoms with E-state index in [1.807, 2.05) is 24.3 Å². The van der Waals surface area contributed by atoms with Gasteiger partial charge in [0.15, 0.2) is 5.82 Å². The van der Waals surface area contributed by atoms with Gasteiger partial charge in [-0.3, -0.25) is 0 Å². The fraction of sp³-hybridized carbons (Fsp3) is 0. The molecule has 5 nitrogen and oxygen atoms in total. The smallest absolute Gasteiger partial charge is 0.160 e. The quantitative estimate of drug-likeness (QED) is 0.170. The standard InChI is InChI=1S/C54H35N5/c1-5-18-36(19-6-1)44-35-45(56-54(55-44)37-20-7-2-8-21-37)38-22-17-27-41(34-38)57-46-30-15-13-28-42(46)50-48(57)32-33-49-51(50)53-52(59(49)40-25-11-4-12-26-40)43-29-14-16-31-47(43)58(53)39-23-9-3-10-24-39/h1-35H. The van der Waals surface area contributed by atoms with E-state index in [1.165, 1.54) is 43.6 Å². The van der Waals surface area contributed by atoms with Gasteiger partial charge in [-0.15, -0.1) is 0 Å². The molecule has 0 spiro atoms. The van der Waals surface area contributed by atoms with Crippen LogP contribution in [0.5, 0.6) is 0 Å². The molecule has 0 saturated carbocycles. The predicted octanol–water partition coefficient (Wildman–Crippen LogP) is 13.6. The Kier molecular flexibility index (Phi) is 7.47. The second-order valence-corrected chi connectivity index (χ2v) is 15.0. The van der Waals surface area contributed by atoms with Crippen molar-refractivity contribution in [2.45, 2.75) is 0 Å². The molecule has 12 rings (SSSR count). The Morgan fingerprint density at radius 2 is 0.763 bits per heavy atom. The first-order chi connectivity index (χ1) is 29.3. The minimum absolute atomic E-state index is 0.701. The van der Waals surface area contributed by atoms with Gasteiger partial charge in [-0.05, 0) is 66.7 Å². The van der Waals surface area contributed by atoms with Crippen LogP contribution < -0.4 is 0 Å². The molecule has 0 fully saturated rings. The number of para-hydroxylation sites is 4. The summed E-state index contributed by atoms with van der Waals surface area (Å²) in [5, 5.41) is 4.87. The summed E-state index contributed by atoms with van der Waals surface area (Å²) < 4.78 is 7.34. The second kappa shape index (κ2) is 13.3. The summed E-state index contributed by atoms with van der Waals surface area (Å²) in [5.41, 5.74) is 15.2. The number of nitrogens with zero attached hydrogens (tertiary/aromatic N) is 5. The van der Waals surface area contributed by atoms with Gasteiger partial charge < -0.3 is 13.7 Å². The van der Waals surface area contributed by atoms with Gasteiger partial charge in [0.25, 0.3) is 0 Å². The van der Waals surface area contributed by atoms with E-state index in [1.54, 1.807) is 0 Å². The molecule has 0 saturated heterocycles. The zero-order valence-electron chi connectivity index (χ0n) is 31.9. The average Bonchev–Trinajstić information content (AvgIpc) is 3.95. The summed E-state index contributed by atoms with van der Waals surface area (Å²) in [4.78, 5) is 10.2. The van der Waals surface area contributed by atoms with Gasteiger partial charge in [-0.2, -0.15) is 0 Å². The molecule has 4 aromatic heterocycles. The highest BCUT2D eigenvalue weighted by Gasteiger charge is 2.26. The Balaban J connectivity index is 1.16. The van der Waals surface area contributed by atoms with Gasteiger partial charge in [-0.25, -0.2) is 9.97 Å². The van der Waals surface area contributed by atoms with Crippen LogP contribution in [0.25, 0.3) is 106 Å². The van der Waals surface area contributed by atoms with E-state index < -0.39 is 0 Å². The zero-order valence-corrected chi connectivity index (χ0v) is 31.9. The fourth-order valence-electron chi connectivity index (χ4n) is 9.12. The van der Waals surface area contributed by atoms with E-state index in [2.05, 4.69) is 202 Å². The van der Waals surface area contributed by atoms with E-state index >= 15 is 0 Å². The number of rotatable bonds is 6. The average molecular weight is 754 g/mol. The van der Waals surface area contributed by atoms with Crippen LogP contribution in [0.4, 0.5) is 0 Å². The molecule has 0 N–H and O–H groups in total. The maximum Gasteiger partial charge on any atom is 0.160 e. The van der Waals surface area contributed by atoms with Gasteiger partial charge in [0.1, 0.15) is 0 Å². The van der Waals surface area contributed by atoms with Crippen LogP contribution in [-0.2, 0) is 0 Å². The van der Waals surface area contributed by atoms with Gasteiger partial charge in [-0.1, -0.05) is 146 Å². The zero-order chi connectivity index (χ0) is 38.9. The maximum atomic E-state index is 5.19. The van der Waals surface area contributed by atoms with Crippen molar-refractivity contribution in [3.8, 4) is 51.0 Å². The SMILES string of the molecule is c1ccc(-c2cc(-c3cccc(-n4c5ccccc5c5c6c(ccc54)n(-c4ccccc4)c4c5ccccc5n(-c5ccccc5)c64)c3)nc(-c3ccccc3)n2)cc1. The molecule has 12 aromatic rings. The van der Waals surface area contributed by atoms with Crippen LogP contribution in [0.15, 0.2) is 212 Å². The molecule has 4 heterocycles. The first kappa shape index (κ1) is 33.2. The summed E-state index contributed by atoms with van der Waals surface area (Å²) in [7, 11) is 0. The lowest BCUT2D eigenvalue weighted by molar-refractivity contribution is 1.16. The Morgan fingerprint density at radius 1 is 0.288 bits per heavy atom. The van der Waals surface area contributed by atoms with Crippen LogP contribution in [-0.4, -0.2) is 23.7 Å². The molecule has 59 heavy (non-hydrogen) atoms. The topological polar surface area (TPSA) is 40.6 Å². The summed E-state index contributed by atoms with van der Waals surface area (Å²) >= 11 is 0. The van der Waals surface area contributed by atoms with Crippen molar-refractivity contribution in [1.82, 2.24) is 23.7 Å². The summed E-state index contributed by atoms with van der Waals surface area (Å²) in [6, 6.07) is 75.3. The number of fused-ring (bicyclic) bond motifs is 9. The van der Waals surface area contributed by atoms with Crippen molar-refractivity contribution >= 4 is 54.6 Å². The molecule has 0 atom stereocenters. The Labute approximate surface area is 340 Å². The van der Waals surface area contributed by atoms with E-state index in [9.17, 15) is 0 Å². The lowest BCUT2D eigenvalue weighted by Crippen LogP contribution is -1.98. The van der Waals surface area contributed by atoms with Gasteiger partial charge in [0.05, 0.1) is 44.5 Å². The van der Waals surface area contributed by atoms with Crippen molar-refractivity contribution < 1.29 is 0 Å². The molecule has 0 radical (unpaired) electrons. The number of hydrogen-bond acceptors (Lipinski definition) is 2. The molecule has 276 valence electrons. The predicted molar refractivity (Wildman–Crippen MR) is 244 cm³/mol. The Bertz CT molecular complexity index is 3430. The molecule has 0 unspecified atom stereocenters. The molecular weight excluding hydrogens is 719 g/mol. The maximum absolute atomic E-state index is 5.19. The van der Waals surface area contributed by atoms with Crippen LogP contribution >= 0.6 is 0 Å². The first-order valence-electron chi connectivity index (χ1n) is 20.0. The van der Waals surface area contributed by atoms with Crippen LogP contribution in [0.3, 0.4) is 0 Å². The summed E-state index contributed by atoms with van der Waals surface area (Å²) in [6.45, 7) is 0. The first-order valence-corrected chi connectivity index (χ1v) is 20.0. The number of aromatic nitrogens is 5. The van der Waals surface area contributed by atoms with Crippen LogP contribution in [0.2, 0.25) is 0 Å². The van der Waals surface area contributed by atoms with E-state index in [0.717, 1.165) is 56.2 Å². The van der Waals surface area contributed by atoms with Crippen molar-refractivity contribution in [3.05, 3.63) is 212 Å². The fourth-order valence-corrected chi connectivity index (χ4v) is 9.12. The molecule has 0 aliphatic carbocycles. The third-order valence-electron chi connectivity index (χ3n) is 11.6. The third kappa shape index (κ3) is 5.18. The summed E-state index contributed by atoms with van der Waals surface area (Å²) in [5.74, 6) is 0.701. The molecule has 8 aromatic carbocycles. The largest absolute Gasteiger partial charge is 0.309 e.